The molecule has 0 aromatic rings. The molecule has 0 saturated heterocycles. The fourth-order valence-electron chi connectivity index (χ4n) is 0.586. The van der Waals surface area contributed by atoms with Gasteiger partial charge in [0.25, 0.3) is 0 Å². The molecule has 5 nitrogen and oxygen atoms in total. The number of rotatable bonds is 5. The van der Waals surface area contributed by atoms with Crippen molar-refractivity contribution in [2.75, 3.05) is 6.54 Å². The summed E-state index contributed by atoms with van der Waals surface area (Å²) in [5.41, 5.74) is 10.7. The molecule has 76 valence electrons. The van der Waals surface area contributed by atoms with Gasteiger partial charge in [-0.05, 0) is 0 Å². The van der Waals surface area contributed by atoms with Crippen LogP contribution in [0.5, 0.6) is 0 Å². The normalized spacial score (nSPS) is 16.9. The lowest BCUT2D eigenvalue weighted by Crippen LogP contribution is -2.44. The van der Waals surface area contributed by atoms with Crippen molar-refractivity contribution in [3.8, 4) is 0 Å². The number of nitrogens with two attached hydrogens (primary N) is 2. The van der Waals surface area contributed by atoms with Crippen LogP contribution in [0.4, 0.5) is 0 Å². The monoisotopic (exact) mass is 188 g/mol. The molecule has 0 fully saturated rings. The average molecular weight is 188 g/mol. The predicted octanol–water partition coefficient (Wildman–Crippen LogP) is -0.0831. The Morgan fingerprint density at radius 3 is 2.69 bits per heavy atom. The number of carbonyl (C=O) groups excluding carboxylic acids is 1. The number of ether oxygens (including phenoxy) is 2. The van der Waals surface area contributed by atoms with Crippen molar-refractivity contribution in [2.45, 2.75) is 19.8 Å². The maximum absolute atomic E-state index is 11.2. The molecule has 0 aliphatic heterocycles. The first-order chi connectivity index (χ1) is 5.93. The fraction of sp³-hybridized carbons (Fsp3) is 0.625. The van der Waals surface area contributed by atoms with Crippen molar-refractivity contribution >= 4 is 5.97 Å². The molecule has 0 rings (SSSR count). The summed E-state index contributed by atoms with van der Waals surface area (Å²) in [7, 11) is 0. The highest BCUT2D eigenvalue weighted by atomic mass is 16.7. The zero-order chi connectivity index (χ0) is 10.5. The minimum absolute atomic E-state index is 0.211. The summed E-state index contributed by atoms with van der Waals surface area (Å²) in [4.78, 5) is 11.2. The van der Waals surface area contributed by atoms with Crippen molar-refractivity contribution in [1.82, 2.24) is 0 Å². The second-order valence-electron chi connectivity index (χ2n) is 2.86. The Morgan fingerprint density at radius 2 is 2.31 bits per heavy atom. The van der Waals surface area contributed by atoms with Crippen LogP contribution in [0.25, 0.3) is 0 Å². The fourth-order valence-corrected chi connectivity index (χ4v) is 0.586. The average Bonchev–Trinajstić information content (AvgIpc) is 2.01. The highest BCUT2D eigenvalue weighted by Crippen LogP contribution is 2.08. The van der Waals surface area contributed by atoms with Crippen LogP contribution in [0.15, 0.2) is 12.8 Å². The predicted molar refractivity (Wildman–Crippen MR) is 48.2 cm³/mol. The lowest BCUT2D eigenvalue weighted by molar-refractivity contribution is -0.205. The zero-order valence-corrected chi connectivity index (χ0v) is 7.95. The molecule has 0 radical (unpaired) electrons. The molecule has 13 heavy (non-hydrogen) atoms. The molecular formula is C8H16N2O3. The van der Waals surface area contributed by atoms with E-state index in [9.17, 15) is 4.79 Å². The molecule has 0 bridgehead atoms. The summed E-state index contributed by atoms with van der Waals surface area (Å²) in [5, 5.41) is 0. The molecule has 4 N–H and O–H groups in total. The second kappa shape index (κ2) is 4.84. The van der Waals surface area contributed by atoms with Crippen molar-refractivity contribution in [2.24, 2.45) is 17.4 Å². The van der Waals surface area contributed by atoms with Gasteiger partial charge < -0.3 is 15.2 Å². The zero-order valence-electron chi connectivity index (χ0n) is 7.95. The van der Waals surface area contributed by atoms with Crippen LogP contribution in [-0.4, -0.2) is 18.4 Å². The minimum atomic E-state index is -1.47. The minimum Gasteiger partial charge on any atom is -0.448 e. The standard InChI is InChI=1S/C8H16N2O3/c1-4-12-8(3,10)13-7(11)6(2)5-9/h4,6H,1,5,9-10H2,2-3H3. The largest absolute Gasteiger partial charge is 0.448 e. The van der Waals surface area contributed by atoms with Crippen molar-refractivity contribution in [3.05, 3.63) is 12.8 Å². The molecule has 0 aromatic carbocycles. The maximum Gasteiger partial charge on any atom is 0.314 e. The summed E-state index contributed by atoms with van der Waals surface area (Å²) in [6.07, 6.45) is 1.11. The Kier molecular flexibility index (Phi) is 4.44. The van der Waals surface area contributed by atoms with Gasteiger partial charge in [0.15, 0.2) is 0 Å². The van der Waals surface area contributed by atoms with Gasteiger partial charge in [-0.1, -0.05) is 13.5 Å². The van der Waals surface area contributed by atoms with Gasteiger partial charge in [-0.2, -0.15) is 0 Å². The Balaban J connectivity index is 4.10. The molecular weight excluding hydrogens is 172 g/mol. The second-order valence-corrected chi connectivity index (χ2v) is 2.86. The Hall–Kier alpha value is -1.07. The maximum atomic E-state index is 11.2. The summed E-state index contributed by atoms with van der Waals surface area (Å²) >= 11 is 0. The topological polar surface area (TPSA) is 87.6 Å². The Labute approximate surface area is 77.7 Å². The number of hydrogen-bond acceptors (Lipinski definition) is 5. The molecule has 0 aliphatic carbocycles. The van der Waals surface area contributed by atoms with Crippen LogP contribution in [0.1, 0.15) is 13.8 Å². The van der Waals surface area contributed by atoms with E-state index in [4.69, 9.17) is 20.9 Å². The summed E-state index contributed by atoms with van der Waals surface area (Å²) in [6.45, 7) is 6.57. The van der Waals surface area contributed by atoms with E-state index in [1.165, 1.54) is 6.92 Å². The lowest BCUT2D eigenvalue weighted by Gasteiger charge is -2.24. The van der Waals surface area contributed by atoms with Gasteiger partial charge >= 0.3 is 11.9 Å². The van der Waals surface area contributed by atoms with E-state index >= 15 is 0 Å². The number of hydrogen-bond donors (Lipinski definition) is 2. The molecule has 2 atom stereocenters. The molecule has 0 aliphatic rings. The SMILES string of the molecule is C=COC(C)(N)OC(=O)C(C)CN. The van der Waals surface area contributed by atoms with Gasteiger partial charge in [0, 0.05) is 13.5 Å². The van der Waals surface area contributed by atoms with E-state index in [1.54, 1.807) is 6.92 Å². The molecule has 0 saturated carbocycles. The van der Waals surface area contributed by atoms with Crippen LogP contribution >= 0.6 is 0 Å². The third kappa shape index (κ3) is 4.49. The van der Waals surface area contributed by atoms with Gasteiger partial charge in [-0.25, -0.2) is 0 Å². The van der Waals surface area contributed by atoms with Crippen LogP contribution in [-0.2, 0) is 14.3 Å². The third-order valence-corrected chi connectivity index (χ3v) is 1.38. The summed E-state index contributed by atoms with van der Waals surface area (Å²) < 4.78 is 9.55. The number of esters is 1. The van der Waals surface area contributed by atoms with Crippen molar-refractivity contribution in [3.63, 3.8) is 0 Å². The Bertz CT molecular complexity index is 192. The first-order valence-corrected chi connectivity index (χ1v) is 3.93. The Morgan fingerprint density at radius 1 is 1.77 bits per heavy atom. The van der Waals surface area contributed by atoms with Gasteiger partial charge in [0.1, 0.15) is 0 Å². The first kappa shape index (κ1) is 11.9. The quantitative estimate of drug-likeness (QED) is 0.358. The van der Waals surface area contributed by atoms with E-state index in [0.717, 1.165) is 6.26 Å². The van der Waals surface area contributed by atoms with Gasteiger partial charge in [0.2, 0.25) is 0 Å². The van der Waals surface area contributed by atoms with Crippen LogP contribution in [0, 0.1) is 5.92 Å². The van der Waals surface area contributed by atoms with E-state index in [1.807, 2.05) is 0 Å². The van der Waals surface area contributed by atoms with E-state index in [2.05, 4.69) is 6.58 Å². The molecule has 0 aromatic heterocycles. The molecule has 2 unspecified atom stereocenters. The van der Waals surface area contributed by atoms with E-state index < -0.39 is 17.8 Å². The molecule has 0 spiro atoms. The van der Waals surface area contributed by atoms with E-state index in [-0.39, 0.29) is 6.54 Å². The smallest absolute Gasteiger partial charge is 0.314 e. The highest BCUT2D eigenvalue weighted by Gasteiger charge is 2.26. The van der Waals surface area contributed by atoms with Crippen molar-refractivity contribution < 1.29 is 14.3 Å². The van der Waals surface area contributed by atoms with Crippen molar-refractivity contribution in [1.29, 1.82) is 0 Å². The number of carbonyl (C=O) groups is 1. The third-order valence-electron chi connectivity index (χ3n) is 1.38. The van der Waals surface area contributed by atoms with Crippen LogP contribution < -0.4 is 11.5 Å². The van der Waals surface area contributed by atoms with Crippen LogP contribution in [0.2, 0.25) is 0 Å². The van der Waals surface area contributed by atoms with E-state index in [0.29, 0.717) is 0 Å². The molecule has 0 amide bonds. The van der Waals surface area contributed by atoms with Crippen LogP contribution in [0.3, 0.4) is 0 Å². The van der Waals surface area contributed by atoms with Gasteiger partial charge in [0.05, 0.1) is 12.2 Å². The molecule has 0 heterocycles. The lowest BCUT2D eigenvalue weighted by atomic mass is 10.2. The van der Waals surface area contributed by atoms with Gasteiger partial charge in [-0.15, -0.1) is 0 Å². The summed E-state index contributed by atoms with van der Waals surface area (Å²) in [6, 6.07) is 0. The first-order valence-electron chi connectivity index (χ1n) is 3.93. The summed E-state index contributed by atoms with van der Waals surface area (Å²) in [5.74, 6) is -2.35. The molecule has 5 heteroatoms. The highest BCUT2D eigenvalue weighted by molar-refractivity contribution is 5.72. The van der Waals surface area contributed by atoms with Gasteiger partial charge in [-0.3, -0.25) is 10.5 Å².